The summed E-state index contributed by atoms with van der Waals surface area (Å²) in [4.78, 5) is 0. The van der Waals surface area contributed by atoms with E-state index in [1.165, 1.54) is 104 Å². The number of aryl methyl sites for hydroxylation is 2. The third-order valence-electron chi connectivity index (χ3n) is 13.6. The molecule has 1 heterocycles. The fourth-order valence-electron chi connectivity index (χ4n) is 10.5. The molecule has 2 N–H and O–H groups in total. The lowest BCUT2D eigenvalue weighted by Crippen LogP contribution is -2.40. The van der Waals surface area contributed by atoms with Gasteiger partial charge in [-0.1, -0.05) is 215 Å². The van der Waals surface area contributed by atoms with Gasteiger partial charge in [-0.05, 0) is 115 Å². The second-order valence-corrected chi connectivity index (χ2v) is 18.7. The molecule has 1 spiro atoms. The lowest BCUT2D eigenvalue weighted by molar-refractivity contribution is 0.563. The van der Waals surface area contributed by atoms with Gasteiger partial charge in [0.15, 0.2) is 0 Å². The molecule has 2 heteroatoms. The van der Waals surface area contributed by atoms with Crippen molar-refractivity contribution in [2.45, 2.75) is 51.5 Å². The number of nitrogens with two attached hydrogens (primary N) is 1. The van der Waals surface area contributed by atoms with Crippen LogP contribution in [0.3, 0.4) is 0 Å². The summed E-state index contributed by atoms with van der Waals surface area (Å²) in [5.41, 5.74) is 25.3. The molecular formula is C62H53NS. The Labute approximate surface area is 382 Å². The zero-order valence-corrected chi connectivity index (χ0v) is 37.9. The third kappa shape index (κ3) is 6.90. The smallest absolute Gasteiger partial charge is 0.0719 e. The number of benzene rings is 9. The van der Waals surface area contributed by atoms with E-state index in [1.54, 1.807) is 0 Å². The highest BCUT2D eigenvalue weighted by Gasteiger charge is 2.53. The SMILES string of the molecule is CCc1ccccc1.Cc1cccc2c1-c1cc(-c3cccc4sc5ccccc5c34)ccc1C21c2ccccc2C(C)(C)c2ccccc21.NCc1ccc(-c2ccccc2)cc1. The van der Waals surface area contributed by atoms with Crippen LogP contribution < -0.4 is 5.73 Å². The lowest BCUT2D eigenvalue weighted by Gasteiger charge is -2.46. The summed E-state index contributed by atoms with van der Waals surface area (Å²) in [7, 11) is 0. The lowest BCUT2D eigenvalue weighted by atomic mass is 9.55. The number of fused-ring (bicyclic) bond motifs is 12. The highest BCUT2D eigenvalue weighted by molar-refractivity contribution is 7.25. The molecule has 2 aliphatic rings. The van der Waals surface area contributed by atoms with Crippen molar-refractivity contribution in [1.29, 1.82) is 0 Å². The molecule has 9 aromatic carbocycles. The van der Waals surface area contributed by atoms with Gasteiger partial charge in [-0.25, -0.2) is 0 Å². The van der Waals surface area contributed by atoms with Gasteiger partial charge in [0.25, 0.3) is 0 Å². The first-order valence-corrected chi connectivity index (χ1v) is 23.4. The molecule has 0 unspecified atom stereocenters. The normalized spacial score (nSPS) is 13.5. The van der Waals surface area contributed by atoms with Crippen molar-refractivity contribution in [3.8, 4) is 33.4 Å². The second kappa shape index (κ2) is 17.0. The van der Waals surface area contributed by atoms with E-state index in [0.29, 0.717) is 6.54 Å². The van der Waals surface area contributed by atoms with Gasteiger partial charge in [0.2, 0.25) is 0 Å². The monoisotopic (exact) mass is 843 g/mol. The molecule has 10 aromatic rings. The van der Waals surface area contributed by atoms with E-state index in [9.17, 15) is 0 Å². The van der Waals surface area contributed by atoms with Crippen molar-refractivity contribution in [2.75, 3.05) is 0 Å². The van der Waals surface area contributed by atoms with E-state index in [2.05, 4.69) is 216 Å². The molecule has 0 bridgehead atoms. The Balaban J connectivity index is 0.000000180. The molecular weight excluding hydrogens is 791 g/mol. The summed E-state index contributed by atoms with van der Waals surface area (Å²) < 4.78 is 2.69. The van der Waals surface area contributed by atoms with Crippen LogP contribution in [0.2, 0.25) is 0 Å². The van der Waals surface area contributed by atoms with E-state index < -0.39 is 0 Å². The fraction of sp³-hybridized carbons (Fsp3) is 0.129. The van der Waals surface area contributed by atoms with Crippen LogP contribution in [0.5, 0.6) is 0 Å². The van der Waals surface area contributed by atoms with Gasteiger partial charge in [-0.2, -0.15) is 0 Å². The predicted molar refractivity (Wildman–Crippen MR) is 275 cm³/mol. The minimum atomic E-state index is -0.348. The van der Waals surface area contributed by atoms with Crippen molar-refractivity contribution < 1.29 is 0 Å². The quantitative estimate of drug-likeness (QED) is 0.188. The largest absolute Gasteiger partial charge is 0.326 e. The molecule has 0 radical (unpaired) electrons. The molecule has 1 aromatic heterocycles. The van der Waals surface area contributed by atoms with E-state index >= 15 is 0 Å². The topological polar surface area (TPSA) is 26.0 Å². The summed E-state index contributed by atoms with van der Waals surface area (Å²) in [6.45, 7) is 9.83. The van der Waals surface area contributed by atoms with E-state index in [0.717, 1.165) is 6.42 Å². The molecule has 0 amide bonds. The molecule has 0 saturated heterocycles. The van der Waals surface area contributed by atoms with Crippen molar-refractivity contribution in [1.82, 2.24) is 0 Å². The highest BCUT2D eigenvalue weighted by Crippen LogP contribution is 2.63. The summed E-state index contributed by atoms with van der Waals surface area (Å²) in [6.07, 6.45) is 1.14. The highest BCUT2D eigenvalue weighted by atomic mass is 32.1. The molecule has 2 aliphatic carbocycles. The molecule has 312 valence electrons. The van der Waals surface area contributed by atoms with Crippen LogP contribution in [0.1, 0.15) is 70.8 Å². The van der Waals surface area contributed by atoms with E-state index in [1.807, 2.05) is 35.6 Å². The minimum Gasteiger partial charge on any atom is -0.326 e. The predicted octanol–water partition coefficient (Wildman–Crippen LogP) is 16.1. The van der Waals surface area contributed by atoms with Gasteiger partial charge < -0.3 is 5.73 Å². The zero-order valence-electron chi connectivity index (χ0n) is 37.1. The Morgan fingerprint density at radius 1 is 0.438 bits per heavy atom. The molecule has 0 atom stereocenters. The average Bonchev–Trinajstić information content (AvgIpc) is 3.89. The summed E-state index contributed by atoms with van der Waals surface area (Å²) in [5.74, 6) is 0. The van der Waals surface area contributed by atoms with Crippen molar-refractivity contribution in [3.63, 3.8) is 0 Å². The molecule has 0 aliphatic heterocycles. The third-order valence-corrected chi connectivity index (χ3v) is 14.8. The van der Waals surface area contributed by atoms with Gasteiger partial charge in [-0.3, -0.25) is 0 Å². The van der Waals surface area contributed by atoms with Crippen molar-refractivity contribution >= 4 is 31.5 Å². The first kappa shape index (κ1) is 41.2. The first-order valence-electron chi connectivity index (χ1n) is 22.6. The Bertz CT molecular complexity index is 3210. The molecule has 1 nitrogen and oxygen atoms in total. The van der Waals surface area contributed by atoms with Crippen LogP contribution >= 0.6 is 11.3 Å². The number of hydrogen-bond acceptors (Lipinski definition) is 2. The maximum atomic E-state index is 5.54. The van der Waals surface area contributed by atoms with Gasteiger partial charge in [0, 0.05) is 32.1 Å². The summed E-state index contributed by atoms with van der Waals surface area (Å²) in [6, 6.07) is 77.4. The maximum Gasteiger partial charge on any atom is 0.0719 e. The molecule has 0 saturated carbocycles. The van der Waals surface area contributed by atoms with Crippen LogP contribution in [0, 0.1) is 6.92 Å². The maximum absolute atomic E-state index is 5.54. The van der Waals surface area contributed by atoms with Crippen molar-refractivity contribution in [2.24, 2.45) is 5.73 Å². The Hall–Kier alpha value is -6.84. The van der Waals surface area contributed by atoms with E-state index in [-0.39, 0.29) is 10.8 Å². The second-order valence-electron chi connectivity index (χ2n) is 17.6. The Morgan fingerprint density at radius 2 is 0.984 bits per heavy atom. The molecule has 64 heavy (non-hydrogen) atoms. The van der Waals surface area contributed by atoms with Crippen LogP contribution in [-0.4, -0.2) is 0 Å². The minimum absolute atomic E-state index is 0.0826. The summed E-state index contributed by atoms with van der Waals surface area (Å²) >= 11 is 1.89. The fourth-order valence-corrected chi connectivity index (χ4v) is 11.6. The number of rotatable bonds is 4. The Morgan fingerprint density at radius 3 is 1.64 bits per heavy atom. The number of thiophene rings is 1. The van der Waals surface area contributed by atoms with Gasteiger partial charge >= 0.3 is 0 Å². The van der Waals surface area contributed by atoms with Crippen LogP contribution in [-0.2, 0) is 23.8 Å². The standard InChI is InChI=1S/C41H30S.C13H13N.C8H10/c1-25-12-10-19-35-38(25)29-24-26(27-14-11-21-37-39(27)28-13-4-9-20-36(28)42-37)22-23-30(29)41(35)33-17-7-5-15-31(33)40(2,3)32-16-6-8-18-34(32)41;14-10-11-6-8-13(9-7-11)12-4-2-1-3-5-12;1-2-8-6-4-3-5-7-8/h4-24H,1-3H3;1-9H,10,14H2;3-7H,2H2,1H3. The van der Waals surface area contributed by atoms with Crippen LogP contribution in [0.4, 0.5) is 0 Å². The van der Waals surface area contributed by atoms with Gasteiger partial charge in [0.05, 0.1) is 5.41 Å². The van der Waals surface area contributed by atoms with Crippen LogP contribution in [0.15, 0.2) is 212 Å². The molecule has 0 fully saturated rings. The van der Waals surface area contributed by atoms with Gasteiger partial charge in [0.1, 0.15) is 0 Å². The van der Waals surface area contributed by atoms with Crippen molar-refractivity contribution in [3.05, 3.63) is 262 Å². The number of hydrogen-bond donors (Lipinski definition) is 1. The summed E-state index contributed by atoms with van der Waals surface area (Å²) in [5, 5.41) is 2.71. The van der Waals surface area contributed by atoms with E-state index in [4.69, 9.17) is 5.73 Å². The Kier molecular flexibility index (Phi) is 11.0. The van der Waals surface area contributed by atoms with Crippen LogP contribution in [0.25, 0.3) is 53.6 Å². The first-order chi connectivity index (χ1) is 31.3. The zero-order chi connectivity index (χ0) is 43.8. The average molecular weight is 844 g/mol. The van der Waals surface area contributed by atoms with Gasteiger partial charge in [-0.15, -0.1) is 11.3 Å². The molecule has 12 rings (SSSR count).